The Bertz CT molecular complexity index is 435. The first-order valence-electron chi connectivity index (χ1n) is 4.10. The highest BCUT2D eigenvalue weighted by molar-refractivity contribution is 5.52. The van der Waals surface area contributed by atoms with Crippen LogP contribution in [0, 0.1) is 6.92 Å². The van der Waals surface area contributed by atoms with Crippen molar-refractivity contribution in [3.8, 4) is 0 Å². The Labute approximate surface area is 80.6 Å². The first-order valence-corrected chi connectivity index (χ1v) is 4.10. The van der Waals surface area contributed by atoms with Crippen molar-refractivity contribution in [2.24, 2.45) is 0 Å². The highest BCUT2D eigenvalue weighted by Crippen LogP contribution is 2.11. The summed E-state index contributed by atoms with van der Waals surface area (Å²) in [5.41, 5.74) is 6.45. The van der Waals surface area contributed by atoms with Crippen LogP contribution < -0.4 is 11.1 Å². The maximum Gasteiger partial charge on any atom is 0.153 e. The average Bonchev–Trinajstić information content (AvgIpc) is 2.51. The fourth-order valence-corrected chi connectivity index (χ4v) is 1.05. The minimum atomic E-state index is 0.377. The van der Waals surface area contributed by atoms with Gasteiger partial charge in [0.05, 0.1) is 12.4 Å². The van der Waals surface area contributed by atoms with Gasteiger partial charge >= 0.3 is 0 Å². The smallest absolute Gasteiger partial charge is 0.153 e. The Morgan fingerprint density at radius 1 is 1.36 bits per heavy atom. The second kappa shape index (κ2) is 3.33. The van der Waals surface area contributed by atoms with E-state index in [1.807, 2.05) is 13.0 Å². The van der Waals surface area contributed by atoms with Crippen LogP contribution in [0.25, 0.3) is 0 Å². The maximum absolute atomic E-state index is 5.48. The summed E-state index contributed by atoms with van der Waals surface area (Å²) in [5, 5.41) is 9.78. The van der Waals surface area contributed by atoms with Crippen LogP contribution >= 0.6 is 0 Å². The Morgan fingerprint density at radius 3 is 2.86 bits per heavy atom. The molecule has 0 bridgehead atoms. The Morgan fingerprint density at radius 2 is 2.21 bits per heavy atom. The van der Waals surface area contributed by atoms with E-state index < -0.39 is 0 Å². The van der Waals surface area contributed by atoms with Crippen molar-refractivity contribution >= 4 is 17.5 Å². The molecule has 0 aliphatic heterocycles. The largest absolute Gasteiger partial charge is 0.382 e. The van der Waals surface area contributed by atoms with Gasteiger partial charge in [0, 0.05) is 11.8 Å². The zero-order chi connectivity index (χ0) is 9.97. The molecule has 2 aromatic heterocycles. The number of nitrogens with one attached hydrogen (secondary N) is 2. The van der Waals surface area contributed by atoms with Gasteiger partial charge in [-0.05, 0) is 6.92 Å². The lowest BCUT2D eigenvalue weighted by Crippen LogP contribution is -1.98. The fraction of sp³-hybridized carbons (Fsp3) is 0.125. The van der Waals surface area contributed by atoms with E-state index in [4.69, 9.17) is 5.73 Å². The molecule has 0 aromatic carbocycles. The molecule has 0 saturated heterocycles. The van der Waals surface area contributed by atoms with E-state index in [2.05, 4.69) is 25.5 Å². The Balaban J connectivity index is 2.18. The number of aromatic amines is 1. The van der Waals surface area contributed by atoms with Crippen molar-refractivity contribution < 1.29 is 0 Å². The quantitative estimate of drug-likeness (QED) is 0.652. The lowest BCUT2D eigenvalue weighted by Gasteiger charge is -2.00. The molecule has 0 unspecified atom stereocenters. The van der Waals surface area contributed by atoms with Crippen LogP contribution in [0.15, 0.2) is 18.5 Å². The topological polar surface area (TPSA) is 92.5 Å². The van der Waals surface area contributed by atoms with Crippen molar-refractivity contribution in [2.45, 2.75) is 6.92 Å². The summed E-state index contributed by atoms with van der Waals surface area (Å²) >= 11 is 0. The van der Waals surface area contributed by atoms with Gasteiger partial charge in [-0.15, -0.1) is 0 Å². The summed E-state index contributed by atoms with van der Waals surface area (Å²) < 4.78 is 0. The molecule has 2 aromatic rings. The van der Waals surface area contributed by atoms with E-state index in [1.165, 1.54) is 6.20 Å². The molecule has 0 saturated carbocycles. The summed E-state index contributed by atoms with van der Waals surface area (Å²) in [6.07, 6.45) is 3.07. The minimum Gasteiger partial charge on any atom is -0.382 e. The van der Waals surface area contributed by atoms with E-state index in [0.29, 0.717) is 17.5 Å². The lowest BCUT2D eigenvalue weighted by atomic mass is 10.5. The molecule has 0 aliphatic rings. The lowest BCUT2D eigenvalue weighted by molar-refractivity contribution is 1.05. The molecule has 4 N–H and O–H groups in total. The van der Waals surface area contributed by atoms with Crippen LogP contribution in [0.2, 0.25) is 0 Å². The van der Waals surface area contributed by atoms with Gasteiger partial charge in [0.2, 0.25) is 0 Å². The van der Waals surface area contributed by atoms with Crippen LogP contribution in [0.3, 0.4) is 0 Å². The third-order valence-electron chi connectivity index (χ3n) is 1.62. The minimum absolute atomic E-state index is 0.377. The standard InChI is InChI=1S/C8H10N6/c1-5-2-7(14-13-5)12-8-4-10-3-6(9)11-8/h2-4H,1H3,(H4,9,11,12,13,14). The van der Waals surface area contributed by atoms with Gasteiger partial charge in [-0.1, -0.05) is 0 Å². The number of rotatable bonds is 2. The molecule has 6 heteroatoms. The second-order valence-corrected chi connectivity index (χ2v) is 2.89. The van der Waals surface area contributed by atoms with Crippen LogP contribution in [-0.4, -0.2) is 20.2 Å². The molecule has 2 heterocycles. The molecule has 0 atom stereocenters. The Kier molecular flexibility index (Phi) is 2.02. The first kappa shape index (κ1) is 8.49. The van der Waals surface area contributed by atoms with Gasteiger partial charge in [0.25, 0.3) is 0 Å². The number of nitrogen functional groups attached to an aromatic ring is 1. The van der Waals surface area contributed by atoms with E-state index in [-0.39, 0.29) is 0 Å². The molecule has 0 aliphatic carbocycles. The van der Waals surface area contributed by atoms with Gasteiger partial charge < -0.3 is 11.1 Å². The fourth-order valence-electron chi connectivity index (χ4n) is 1.05. The summed E-state index contributed by atoms with van der Waals surface area (Å²) in [6.45, 7) is 1.92. The SMILES string of the molecule is Cc1cc(Nc2cncc(N)n2)n[nH]1. The van der Waals surface area contributed by atoms with Gasteiger partial charge in [-0.3, -0.25) is 10.1 Å². The predicted octanol–water partition coefficient (Wildman–Crippen LogP) is 0.834. The van der Waals surface area contributed by atoms with Crippen molar-refractivity contribution in [3.05, 3.63) is 24.2 Å². The molecule has 0 amide bonds. The predicted molar refractivity (Wildman–Crippen MR) is 53.1 cm³/mol. The highest BCUT2D eigenvalue weighted by atomic mass is 15.2. The van der Waals surface area contributed by atoms with Crippen molar-refractivity contribution in [2.75, 3.05) is 11.1 Å². The monoisotopic (exact) mass is 190 g/mol. The van der Waals surface area contributed by atoms with Gasteiger partial charge in [-0.25, -0.2) is 4.98 Å². The van der Waals surface area contributed by atoms with Crippen LogP contribution in [-0.2, 0) is 0 Å². The number of aromatic nitrogens is 4. The van der Waals surface area contributed by atoms with Crippen LogP contribution in [0.5, 0.6) is 0 Å². The molecule has 72 valence electrons. The summed E-state index contributed by atoms with van der Waals surface area (Å²) in [5.74, 6) is 1.65. The zero-order valence-corrected chi connectivity index (χ0v) is 7.65. The van der Waals surface area contributed by atoms with Crippen LogP contribution in [0.4, 0.5) is 17.5 Å². The third-order valence-corrected chi connectivity index (χ3v) is 1.62. The zero-order valence-electron chi connectivity index (χ0n) is 7.65. The molecule has 0 fully saturated rings. The van der Waals surface area contributed by atoms with E-state index in [9.17, 15) is 0 Å². The number of nitrogens with zero attached hydrogens (tertiary/aromatic N) is 3. The van der Waals surface area contributed by atoms with Gasteiger partial charge in [0.1, 0.15) is 5.82 Å². The average molecular weight is 190 g/mol. The number of anilines is 3. The normalized spacial score (nSPS) is 10.1. The number of hydrogen-bond donors (Lipinski definition) is 3. The Hall–Kier alpha value is -2.11. The van der Waals surface area contributed by atoms with Crippen molar-refractivity contribution in [1.82, 2.24) is 20.2 Å². The second-order valence-electron chi connectivity index (χ2n) is 2.89. The number of nitrogens with two attached hydrogens (primary N) is 1. The summed E-state index contributed by atoms with van der Waals surface area (Å²) in [4.78, 5) is 7.93. The maximum atomic E-state index is 5.48. The van der Waals surface area contributed by atoms with E-state index in [1.54, 1.807) is 6.20 Å². The molecule has 2 rings (SSSR count). The van der Waals surface area contributed by atoms with E-state index >= 15 is 0 Å². The third kappa shape index (κ3) is 1.79. The summed E-state index contributed by atoms with van der Waals surface area (Å²) in [6, 6.07) is 1.87. The molecular weight excluding hydrogens is 180 g/mol. The van der Waals surface area contributed by atoms with Gasteiger partial charge in [0.15, 0.2) is 11.6 Å². The highest BCUT2D eigenvalue weighted by Gasteiger charge is 1.99. The van der Waals surface area contributed by atoms with E-state index in [0.717, 1.165) is 5.69 Å². The summed E-state index contributed by atoms with van der Waals surface area (Å²) in [7, 11) is 0. The first-order chi connectivity index (χ1) is 6.74. The molecule has 0 radical (unpaired) electrons. The van der Waals surface area contributed by atoms with Crippen molar-refractivity contribution in [3.63, 3.8) is 0 Å². The number of aryl methyl sites for hydroxylation is 1. The molecule has 6 nitrogen and oxygen atoms in total. The van der Waals surface area contributed by atoms with Gasteiger partial charge in [-0.2, -0.15) is 5.10 Å². The molecule has 0 spiro atoms. The molecule has 14 heavy (non-hydrogen) atoms. The number of H-pyrrole nitrogens is 1. The number of hydrogen-bond acceptors (Lipinski definition) is 5. The van der Waals surface area contributed by atoms with Crippen molar-refractivity contribution in [1.29, 1.82) is 0 Å². The molecular formula is C8H10N6. The van der Waals surface area contributed by atoms with Crippen LogP contribution in [0.1, 0.15) is 5.69 Å².